The van der Waals surface area contributed by atoms with Gasteiger partial charge in [0.2, 0.25) is 0 Å². The molecule has 36 heavy (non-hydrogen) atoms. The summed E-state index contributed by atoms with van der Waals surface area (Å²) in [5, 5.41) is 0. The van der Waals surface area contributed by atoms with Crippen LogP contribution in [0.5, 0.6) is 0 Å². The summed E-state index contributed by atoms with van der Waals surface area (Å²) in [6, 6.07) is 43.9. The predicted molar refractivity (Wildman–Crippen MR) is 153 cm³/mol. The zero-order chi connectivity index (χ0) is 24.2. The Morgan fingerprint density at radius 3 is 0.806 bits per heavy atom. The van der Waals surface area contributed by atoms with Gasteiger partial charge in [0.1, 0.15) is 0 Å². The molecule has 0 aliphatic carbocycles. The molecule has 0 aromatic heterocycles. The van der Waals surface area contributed by atoms with Crippen molar-refractivity contribution in [3.05, 3.63) is 144 Å². The molecule has 0 amide bonds. The quantitative estimate of drug-likeness (QED) is 0.203. The zero-order valence-electron chi connectivity index (χ0n) is 20.2. The maximum Gasteiger partial charge on any atom is 0.0676 e. The summed E-state index contributed by atoms with van der Waals surface area (Å²) in [6.07, 6.45) is 2.41. The Kier molecular flexibility index (Phi) is 7.53. The van der Waals surface area contributed by atoms with Crippen molar-refractivity contribution < 1.29 is 0 Å². The number of rotatable bonds is 7. The van der Waals surface area contributed by atoms with Crippen molar-refractivity contribution in [3.63, 3.8) is 0 Å². The van der Waals surface area contributed by atoms with Gasteiger partial charge in [-0.15, -0.1) is 0 Å². The zero-order valence-corrected chi connectivity index (χ0v) is 22.0. The molecule has 6 heteroatoms. The van der Waals surface area contributed by atoms with Crippen LogP contribution in [0.3, 0.4) is 0 Å². The van der Waals surface area contributed by atoms with Gasteiger partial charge in [0.25, 0.3) is 0 Å². The average Bonchev–Trinajstić information content (AvgIpc) is 3.58. The van der Waals surface area contributed by atoms with Gasteiger partial charge in [-0.3, -0.25) is 0 Å². The molecule has 4 aromatic rings. The van der Waals surface area contributed by atoms with Crippen molar-refractivity contribution in [2.24, 2.45) is 0 Å². The van der Waals surface area contributed by atoms with Crippen molar-refractivity contribution in [2.45, 2.75) is 23.1 Å². The van der Waals surface area contributed by atoms with Crippen LogP contribution in [-0.2, 0) is 0 Å². The normalized spacial score (nSPS) is 27.8. The van der Waals surface area contributed by atoms with Crippen LogP contribution in [0.25, 0.3) is 0 Å². The lowest BCUT2D eigenvalue weighted by Gasteiger charge is -2.29. The van der Waals surface area contributed by atoms with E-state index in [1.54, 1.807) is 0 Å². The molecule has 2 heterocycles. The monoisotopic (exact) mass is 510 g/mol. The Balaban J connectivity index is 1.30. The molecule has 0 saturated carbocycles. The molecular formula is C30H32N4P2. The molecule has 4 N–H and O–H groups in total. The molecule has 4 unspecified atom stereocenters. The summed E-state index contributed by atoms with van der Waals surface area (Å²) in [5.74, 6) is 1.37. The molecule has 0 spiro atoms. The fourth-order valence-electron chi connectivity index (χ4n) is 5.33. The van der Waals surface area contributed by atoms with Crippen molar-refractivity contribution >= 4 is 15.8 Å². The highest BCUT2D eigenvalue weighted by atomic mass is 31.1. The van der Waals surface area contributed by atoms with E-state index in [1.807, 2.05) is 0 Å². The van der Waals surface area contributed by atoms with Crippen molar-refractivity contribution in [2.75, 3.05) is 12.3 Å². The fraction of sp³-hybridized carbons (Fsp3) is 0.200. The van der Waals surface area contributed by atoms with Gasteiger partial charge >= 0.3 is 0 Å². The predicted octanol–water partition coefficient (Wildman–Crippen LogP) is 6.96. The van der Waals surface area contributed by atoms with Crippen molar-refractivity contribution in [3.8, 4) is 0 Å². The molecule has 4 aromatic carbocycles. The lowest BCUT2D eigenvalue weighted by molar-refractivity contribution is 0.555. The molecule has 6 rings (SSSR count). The van der Waals surface area contributed by atoms with Gasteiger partial charge in [-0.25, -0.2) is 21.7 Å². The van der Waals surface area contributed by atoms with E-state index in [0.717, 1.165) is 0 Å². The van der Waals surface area contributed by atoms with E-state index in [1.165, 1.54) is 34.6 Å². The largest absolute Gasteiger partial charge is 0.245 e. The summed E-state index contributed by atoms with van der Waals surface area (Å²) >= 11 is 0. The van der Waals surface area contributed by atoms with Crippen LogP contribution in [0.1, 0.15) is 45.4 Å². The third-order valence-corrected chi connectivity index (χ3v) is 13.3. The standard InChI is InChI=1S/C30H32N4P2/c1-5-13-23(14-6-1)27-31-32-28(24-15-7-2-8-16-24)35(27)21-22-36-29(25-17-9-3-10-18-25)33-34-30(36)26-19-11-4-12-20-26/h1-20,27-34H,21-22H2/t27-,28?,29+,30?,35?,36?. The molecule has 2 aliphatic heterocycles. The molecule has 182 valence electrons. The Hall–Kier alpha value is -2.42. The molecular weight excluding hydrogens is 478 g/mol. The topological polar surface area (TPSA) is 48.1 Å². The van der Waals surface area contributed by atoms with E-state index in [0.29, 0.717) is 23.1 Å². The summed E-state index contributed by atoms with van der Waals surface area (Å²) in [6.45, 7) is 0. The number of hydrazine groups is 2. The summed E-state index contributed by atoms with van der Waals surface area (Å²) in [5.41, 5.74) is 20.3. The second-order valence-corrected chi connectivity index (χ2v) is 14.3. The molecule has 0 bridgehead atoms. The Morgan fingerprint density at radius 2 is 0.583 bits per heavy atom. The first-order valence-corrected chi connectivity index (χ1v) is 15.9. The highest BCUT2D eigenvalue weighted by molar-refractivity contribution is 7.62. The van der Waals surface area contributed by atoms with Crippen LogP contribution in [-0.4, -0.2) is 12.3 Å². The van der Waals surface area contributed by atoms with Crippen molar-refractivity contribution in [1.82, 2.24) is 21.7 Å². The fourth-order valence-corrected chi connectivity index (χ4v) is 12.0. The number of hydrogen-bond acceptors (Lipinski definition) is 4. The first kappa shape index (κ1) is 23.9. The smallest absolute Gasteiger partial charge is 0.0676 e. The Morgan fingerprint density at radius 1 is 0.361 bits per heavy atom. The number of nitrogens with one attached hydrogen (secondary N) is 4. The number of hydrogen-bond donors (Lipinski definition) is 4. The molecule has 0 radical (unpaired) electrons. The third kappa shape index (κ3) is 5.04. The minimum atomic E-state index is -0.378. The molecule has 6 atom stereocenters. The van der Waals surface area contributed by atoms with E-state index in [9.17, 15) is 0 Å². The van der Waals surface area contributed by atoms with Gasteiger partial charge in [-0.2, -0.15) is 0 Å². The van der Waals surface area contributed by atoms with Crippen LogP contribution in [0, 0.1) is 0 Å². The van der Waals surface area contributed by atoms with Crippen molar-refractivity contribution in [1.29, 1.82) is 0 Å². The second-order valence-electron chi connectivity index (χ2n) is 9.31. The van der Waals surface area contributed by atoms with Crippen LogP contribution >= 0.6 is 15.8 Å². The van der Waals surface area contributed by atoms with Crippen LogP contribution in [0.15, 0.2) is 121 Å². The molecule has 4 nitrogen and oxygen atoms in total. The summed E-state index contributed by atoms with van der Waals surface area (Å²) in [7, 11) is -0.756. The van der Waals surface area contributed by atoms with Gasteiger partial charge in [0, 0.05) is 0 Å². The lowest BCUT2D eigenvalue weighted by atomic mass is 10.2. The van der Waals surface area contributed by atoms with Crippen LogP contribution < -0.4 is 21.7 Å². The van der Waals surface area contributed by atoms with Gasteiger partial charge in [-0.05, 0) is 34.6 Å². The highest BCUT2D eigenvalue weighted by Crippen LogP contribution is 2.67. The number of benzene rings is 4. The second kappa shape index (κ2) is 11.3. The van der Waals surface area contributed by atoms with Gasteiger partial charge in [0.15, 0.2) is 0 Å². The third-order valence-electron chi connectivity index (χ3n) is 7.12. The SMILES string of the molecule is c1ccc(C2NN[C@H](c3ccccc3)P2CCP2C(c3ccccc3)NN[C@H]2c2ccccc2)cc1. The first-order valence-electron chi connectivity index (χ1n) is 12.6. The maximum atomic E-state index is 3.69. The first-order chi connectivity index (χ1) is 17.9. The van der Waals surface area contributed by atoms with E-state index in [-0.39, 0.29) is 15.8 Å². The average molecular weight is 511 g/mol. The van der Waals surface area contributed by atoms with Gasteiger partial charge < -0.3 is 0 Å². The van der Waals surface area contributed by atoms with Gasteiger partial charge in [-0.1, -0.05) is 137 Å². The van der Waals surface area contributed by atoms with E-state index in [2.05, 4.69) is 143 Å². The molecule has 2 fully saturated rings. The van der Waals surface area contributed by atoms with Crippen LogP contribution in [0.4, 0.5) is 0 Å². The van der Waals surface area contributed by atoms with E-state index >= 15 is 0 Å². The van der Waals surface area contributed by atoms with E-state index in [4.69, 9.17) is 0 Å². The summed E-state index contributed by atoms with van der Waals surface area (Å²) < 4.78 is 0. The van der Waals surface area contributed by atoms with E-state index < -0.39 is 0 Å². The Bertz CT molecular complexity index is 1030. The maximum absolute atomic E-state index is 3.69. The minimum absolute atomic E-state index is 0.343. The van der Waals surface area contributed by atoms with Crippen LogP contribution in [0.2, 0.25) is 0 Å². The van der Waals surface area contributed by atoms with Gasteiger partial charge in [0.05, 0.1) is 23.1 Å². The Labute approximate surface area is 216 Å². The summed E-state index contributed by atoms with van der Waals surface area (Å²) in [4.78, 5) is 0. The molecule has 2 saturated heterocycles. The molecule has 2 aliphatic rings. The minimum Gasteiger partial charge on any atom is -0.245 e. The highest BCUT2D eigenvalue weighted by Gasteiger charge is 2.41. The lowest BCUT2D eigenvalue weighted by Crippen LogP contribution is -2.26.